The van der Waals surface area contributed by atoms with Crippen LogP contribution in [0.1, 0.15) is 0 Å². The quantitative estimate of drug-likeness (QED) is 0.262. The number of aromatic nitrogens is 4. The number of pyridine rings is 2. The van der Waals surface area contributed by atoms with Crippen LogP contribution in [0.3, 0.4) is 0 Å². The molecule has 178 valence electrons. The topological polar surface area (TPSA) is 57.4 Å². The van der Waals surface area contributed by atoms with Crippen molar-refractivity contribution in [1.29, 1.82) is 0 Å². The van der Waals surface area contributed by atoms with Crippen LogP contribution in [0.4, 0.5) is 0 Å². The molecular weight excluding hydrogens is 464 g/mol. The van der Waals surface area contributed by atoms with E-state index in [0.717, 1.165) is 55.7 Å². The van der Waals surface area contributed by atoms with E-state index in [2.05, 4.69) is 119 Å². The fourth-order valence-electron chi connectivity index (χ4n) is 5.70. The van der Waals surface area contributed by atoms with Crippen molar-refractivity contribution in [2.24, 2.45) is 0 Å². The summed E-state index contributed by atoms with van der Waals surface area (Å²) in [6, 6.07) is 38.2. The van der Waals surface area contributed by atoms with Crippen LogP contribution in [-0.4, -0.2) is 19.9 Å². The highest BCUT2D eigenvalue weighted by Gasteiger charge is 2.13. The second kappa shape index (κ2) is 8.15. The zero-order valence-electron chi connectivity index (χ0n) is 20.4. The molecule has 0 amide bonds. The van der Waals surface area contributed by atoms with Crippen LogP contribution in [0.15, 0.2) is 122 Å². The predicted octanol–water partition coefficient (Wildman–Crippen LogP) is 8.75. The molecule has 0 aliphatic rings. The molecule has 4 heterocycles. The van der Waals surface area contributed by atoms with Crippen LogP contribution < -0.4 is 0 Å². The highest BCUT2D eigenvalue weighted by atomic mass is 14.8. The first-order valence-electron chi connectivity index (χ1n) is 12.8. The first kappa shape index (κ1) is 20.9. The Morgan fingerprint density at radius 1 is 0.421 bits per heavy atom. The first-order valence-corrected chi connectivity index (χ1v) is 12.8. The molecule has 0 saturated carbocycles. The van der Waals surface area contributed by atoms with Crippen molar-refractivity contribution in [2.75, 3.05) is 0 Å². The summed E-state index contributed by atoms with van der Waals surface area (Å²) in [5.74, 6) is 0. The molecule has 0 atom stereocenters. The monoisotopic (exact) mass is 486 g/mol. The van der Waals surface area contributed by atoms with Crippen LogP contribution in [0.25, 0.3) is 77.3 Å². The maximum Gasteiger partial charge on any atom is 0.0892 e. The molecule has 0 bridgehead atoms. The predicted molar refractivity (Wildman–Crippen MR) is 157 cm³/mol. The first-order chi connectivity index (χ1) is 18.8. The smallest absolute Gasteiger partial charge is 0.0892 e. The Kier molecular flexibility index (Phi) is 4.49. The van der Waals surface area contributed by atoms with Crippen LogP contribution in [0.2, 0.25) is 0 Å². The van der Waals surface area contributed by atoms with Crippen molar-refractivity contribution in [3.63, 3.8) is 0 Å². The summed E-state index contributed by atoms with van der Waals surface area (Å²) >= 11 is 0. The van der Waals surface area contributed by atoms with Crippen LogP contribution >= 0.6 is 0 Å². The molecule has 2 N–H and O–H groups in total. The minimum atomic E-state index is 0.848. The van der Waals surface area contributed by atoms with Crippen molar-refractivity contribution in [1.82, 2.24) is 19.9 Å². The molecule has 4 aromatic heterocycles. The third-order valence-corrected chi connectivity index (χ3v) is 7.49. The molecular formula is C34H22N4. The van der Waals surface area contributed by atoms with E-state index in [0.29, 0.717) is 0 Å². The summed E-state index contributed by atoms with van der Waals surface area (Å²) in [5, 5.41) is 4.92. The number of para-hydroxylation sites is 4. The normalized spacial score (nSPS) is 11.7. The number of nitrogens with zero attached hydrogens (tertiary/aromatic N) is 2. The van der Waals surface area contributed by atoms with E-state index in [4.69, 9.17) is 9.97 Å². The van der Waals surface area contributed by atoms with Gasteiger partial charge < -0.3 is 9.97 Å². The Balaban J connectivity index is 1.25. The van der Waals surface area contributed by atoms with E-state index in [9.17, 15) is 0 Å². The lowest BCUT2D eigenvalue weighted by molar-refractivity contribution is 1.25. The van der Waals surface area contributed by atoms with Crippen molar-refractivity contribution < 1.29 is 0 Å². The van der Waals surface area contributed by atoms with Gasteiger partial charge in [0.05, 0.1) is 22.4 Å². The standard InChI is InChI=1S/C34H22N4/c1-3-13-29-25(7-1)27-11-5-9-23(33(27)37-29)21-15-17-35-31(19-21)32-20-22(16-18-36-32)24-10-6-12-28-26-8-2-4-14-30(26)38-34(24)28/h1-20,37-38H. The van der Waals surface area contributed by atoms with E-state index in [1.165, 1.54) is 21.5 Å². The van der Waals surface area contributed by atoms with E-state index in [1.807, 2.05) is 12.4 Å². The molecule has 0 saturated heterocycles. The van der Waals surface area contributed by atoms with Gasteiger partial charge in [0.15, 0.2) is 0 Å². The number of hydrogen-bond acceptors (Lipinski definition) is 2. The van der Waals surface area contributed by atoms with Crippen molar-refractivity contribution in [3.05, 3.63) is 122 Å². The molecule has 4 heteroatoms. The van der Waals surface area contributed by atoms with Crippen LogP contribution in [-0.2, 0) is 0 Å². The number of H-pyrrole nitrogens is 2. The second-order valence-corrected chi connectivity index (χ2v) is 9.66. The molecule has 0 radical (unpaired) electrons. The number of aromatic amines is 2. The number of rotatable bonds is 3. The zero-order valence-corrected chi connectivity index (χ0v) is 20.4. The zero-order chi connectivity index (χ0) is 25.1. The Morgan fingerprint density at radius 2 is 0.868 bits per heavy atom. The van der Waals surface area contributed by atoms with Gasteiger partial charge in [-0.3, -0.25) is 9.97 Å². The van der Waals surface area contributed by atoms with Gasteiger partial charge >= 0.3 is 0 Å². The summed E-state index contributed by atoms with van der Waals surface area (Å²) in [6.45, 7) is 0. The van der Waals surface area contributed by atoms with Gasteiger partial charge in [-0.15, -0.1) is 0 Å². The summed E-state index contributed by atoms with van der Waals surface area (Å²) in [7, 11) is 0. The summed E-state index contributed by atoms with van der Waals surface area (Å²) in [5.41, 5.74) is 10.8. The van der Waals surface area contributed by atoms with Gasteiger partial charge in [-0.05, 0) is 47.5 Å². The number of nitrogens with one attached hydrogen (secondary N) is 2. The molecule has 4 aromatic carbocycles. The molecule has 8 rings (SSSR count). The molecule has 8 aromatic rings. The third-order valence-electron chi connectivity index (χ3n) is 7.49. The van der Waals surface area contributed by atoms with Crippen molar-refractivity contribution >= 4 is 43.6 Å². The minimum Gasteiger partial charge on any atom is -0.354 e. The average Bonchev–Trinajstić information content (AvgIpc) is 3.56. The average molecular weight is 487 g/mol. The van der Waals surface area contributed by atoms with E-state index in [-0.39, 0.29) is 0 Å². The molecule has 0 aliphatic carbocycles. The maximum atomic E-state index is 4.71. The fraction of sp³-hybridized carbons (Fsp3) is 0. The largest absolute Gasteiger partial charge is 0.354 e. The summed E-state index contributed by atoms with van der Waals surface area (Å²) in [4.78, 5) is 16.7. The van der Waals surface area contributed by atoms with E-state index in [1.54, 1.807) is 0 Å². The third kappa shape index (κ3) is 3.17. The number of fused-ring (bicyclic) bond motifs is 6. The van der Waals surface area contributed by atoms with Gasteiger partial charge in [-0.25, -0.2) is 0 Å². The highest BCUT2D eigenvalue weighted by Crippen LogP contribution is 2.36. The lowest BCUT2D eigenvalue weighted by atomic mass is 10.00. The minimum absolute atomic E-state index is 0.848. The van der Waals surface area contributed by atoms with Gasteiger partial charge in [0.2, 0.25) is 0 Å². The van der Waals surface area contributed by atoms with Crippen molar-refractivity contribution in [2.45, 2.75) is 0 Å². The number of hydrogen-bond donors (Lipinski definition) is 2. The number of benzene rings is 4. The highest BCUT2D eigenvalue weighted by molar-refractivity contribution is 6.13. The van der Waals surface area contributed by atoms with Gasteiger partial charge in [-0.2, -0.15) is 0 Å². The molecule has 38 heavy (non-hydrogen) atoms. The van der Waals surface area contributed by atoms with Gasteiger partial charge in [-0.1, -0.05) is 72.8 Å². The Morgan fingerprint density at radius 3 is 1.37 bits per heavy atom. The van der Waals surface area contributed by atoms with E-state index < -0.39 is 0 Å². The lowest BCUT2D eigenvalue weighted by Gasteiger charge is -2.09. The molecule has 0 aliphatic heterocycles. The summed E-state index contributed by atoms with van der Waals surface area (Å²) in [6.07, 6.45) is 3.75. The molecule has 0 spiro atoms. The van der Waals surface area contributed by atoms with Crippen LogP contribution in [0.5, 0.6) is 0 Å². The van der Waals surface area contributed by atoms with E-state index >= 15 is 0 Å². The van der Waals surface area contributed by atoms with Gasteiger partial charge in [0.1, 0.15) is 0 Å². The Labute approximate surface area is 218 Å². The lowest BCUT2D eigenvalue weighted by Crippen LogP contribution is -1.90. The Hall–Kier alpha value is -5.22. The van der Waals surface area contributed by atoms with Crippen LogP contribution in [0, 0.1) is 0 Å². The van der Waals surface area contributed by atoms with Crippen molar-refractivity contribution in [3.8, 4) is 33.6 Å². The van der Waals surface area contributed by atoms with Gasteiger partial charge in [0, 0.05) is 56.1 Å². The van der Waals surface area contributed by atoms with Gasteiger partial charge in [0.25, 0.3) is 0 Å². The second-order valence-electron chi connectivity index (χ2n) is 9.66. The fourth-order valence-corrected chi connectivity index (χ4v) is 5.70. The summed E-state index contributed by atoms with van der Waals surface area (Å²) < 4.78 is 0. The maximum absolute atomic E-state index is 4.71. The Bertz CT molecular complexity index is 1990. The molecule has 0 unspecified atom stereocenters. The SMILES string of the molecule is c1ccc2c(c1)[nH]c1c(-c3ccnc(-c4cc(-c5cccc6c5[nH]c5ccccc56)ccn4)c3)cccc12. The molecule has 0 fully saturated rings. The molecule has 4 nitrogen and oxygen atoms in total.